The predicted octanol–water partition coefficient (Wildman–Crippen LogP) is 3.90. The Kier molecular flexibility index (Phi) is 4.37. The van der Waals surface area contributed by atoms with Crippen LogP contribution in [-0.2, 0) is 0 Å². The van der Waals surface area contributed by atoms with E-state index in [0.717, 1.165) is 17.5 Å². The maximum atomic E-state index is 12.6. The van der Waals surface area contributed by atoms with Crippen LogP contribution in [0, 0.1) is 11.8 Å². The molecule has 0 radical (unpaired) electrons. The zero-order valence-electron chi connectivity index (χ0n) is 14.3. The molecule has 2 aromatic heterocycles. The molecular formula is C18H25N3O2. The number of carbonyl (C=O) groups is 1. The third kappa shape index (κ3) is 3.09. The normalized spacial score (nSPS) is 25.0. The van der Waals surface area contributed by atoms with Crippen molar-refractivity contribution in [1.29, 1.82) is 0 Å². The lowest BCUT2D eigenvalue weighted by molar-refractivity contribution is 0.0891. The first kappa shape index (κ1) is 16.0. The van der Waals surface area contributed by atoms with Crippen molar-refractivity contribution in [1.82, 2.24) is 15.5 Å². The van der Waals surface area contributed by atoms with E-state index in [-0.39, 0.29) is 17.9 Å². The molecule has 1 saturated carbocycles. The number of nitrogens with one attached hydrogen (secondary N) is 1. The summed E-state index contributed by atoms with van der Waals surface area (Å²) in [5.74, 6) is 1.34. The van der Waals surface area contributed by atoms with Crippen LogP contribution in [0.3, 0.4) is 0 Å². The van der Waals surface area contributed by atoms with Crippen molar-refractivity contribution in [2.75, 3.05) is 0 Å². The fourth-order valence-corrected chi connectivity index (χ4v) is 3.43. The van der Waals surface area contributed by atoms with Crippen LogP contribution in [0.5, 0.6) is 0 Å². The summed E-state index contributed by atoms with van der Waals surface area (Å²) < 4.78 is 5.23. The van der Waals surface area contributed by atoms with Gasteiger partial charge in [0, 0.05) is 12.2 Å². The van der Waals surface area contributed by atoms with Gasteiger partial charge in [-0.2, -0.15) is 0 Å². The second-order valence-corrected chi connectivity index (χ2v) is 7.15. The molecule has 0 spiro atoms. The maximum absolute atomic E-state index is 12.6. The summed E-state index contributed by atoms with van der Waals surface area (Å²) in [5, 5.41) is 8.09. The van der Waals surface area contributed by atoms with Crippen LogP contribution < -0.4 is 5.32 Å². The van der Waals surface area contributed by atoms with Gasteiger partial charge in [0.15, 0.2) is 0 Å². The van der Waals surface area contributed by atoms with Crippen molar-refractivity contribution in [3.8, 4) is 0 Å². The smallest absolute Gasteiger partial charge is 0.257 e. The Labute approximate surface area is 136 Å². The van der Waals surface area contributed by atoms with E-state index < -0.39 is 0 Å². The number of pyridine rings is 1. The number of hydrogen-bond acceptors (Lipinski definition) is 4. The van der Waals surface area contributed by atoms with Crippen LogP contribution in [-0.4, -0.2) is 22.1 Å². The summed E-state index contributed by atoms with van der Waals surface area (Å²) in [5.41, 5.74) is 1.92. The van der Waals surface area contributed by atoms with Crippen LogP contribution >= 0.6 is 0 Å². The lowest BCUT2D eigenvalue weighted by atomic mass is 9.78. The molecule has 1 aliphatic carbocycles. The molecule has 0 aliphatic heterocycles. The molecule has 23 heavy (non-hydrogen) atoms. The van der Waals surface area contributed by atoms with Gasteiger partial charge in [-0.3, -0.25) is 4.79 Å². The first-order chi connectivity index (χ1) is 11.0. The summed E-state index contributed by atoms with van der Waals surface area (Å²) in [6, 6.07) is 2.09. The standard InChI is InChI=1S/C18H25N3O2/c1-10(2)16-14-8-13(9-19-18(14)23-21-16)17(22)20-15-7-5-6-11(3)12(15)4/h8-12,15H,5-7H2,1-4H3,(H,20,22)/t11-,12+,15-/m1/s1. The minimum absolute atomic E-state index is 0.0544. The van der Waals surface area contributed by atoms with Crippen molar-refractivity contribution in [3.05, 3.63) is 23.5 Å². The number of hydrogen-bond donors (Lipinski definition) is 1. The van der Waals surface area contributed by atoms with Gasteiger partial charge in [-0.1, -0.05) is 45.7 Å². The topological polar surface area (TPSA) is 68.0 Å². The molecular weight excluding hydrogens is 290 g/mol. The van der Waals surface area contributed by atoms with Gasteiger partial charge < -0.3 is 9.84 Å². The van der Waals surface area contributed by atoms with Crippen LogP contribution in [0.2, 0.25) is 0 Å². The molecule has 5 nitrogen and oxygen atoms in total. The van der Waals surface area contributed by atoms with Gasteiger partial charge in [0.1, 0.15) is 0 Å². The van der Waals surface area contributed by atoms with E-state index in [1.807, 2.05) is 6.07 Å². The van der Waals surface area contributed by atoms with E-state index in [9.17, 15) is 4.79 Å². The molecule has 2 heterocycles. The Balaban J connectivity index is 1.82. The first-order valence-corrected chi connectivity index (χ1v) is 8.53. The monoisotopic (exact) mass is 315 g/mol. The molecule has 0 saturated heterocycles. The largest absolute Gasteiger partial charge is 0.349 e. The molecule has 1 aliphatic rings. The minimum Gasteiger partial charge on any atom is -0.349 e. The van der Waals surface area contributed by atoms with Crippen molar-refractivity contribution in [2.45, 2.75) is 58.9 Å². The average molecular weight is 315 g/mol. The van der Waals surface area contributed by atoms with E-state index in [0.29, 0.717) is 23.1 Å². The molecule has 1 amide bonds. The lowest BCUT2D eigenvalue weighted by Crippen LogP contribution is -2.43. The van der Waals surface area contributed by atoms with Crippen molar-refractivity contribution in [2.24, 2.45) is 11.8 Å². The molecule has 1 fully saturated rings. The van der Waals surface area contributed by atoms with Gasteiger partial charge >= 0.3 is 0 Å². The lowest BCUT2D eigenvalue weighted by Gasteiger charge is -2.34. The van der Waals surface area contributed by atoms with Gasteiger partial charge in [0.05, 0.1) is 16.6 Å². The van der Waals surface area contributed by atoms with Gasteiger partial charge in [0.2, 0.25) is 0 Å². The molecule has 1 N–H and O–H groups in total. The number of carbonyl (C=O) groups excluding carboxylic acids is 1. The van der Waals surface area contributed by atoms with Crippen LogP contribution in [0.15, 0.2) is 16.8 Å². The Hall–Kier alpha value is -1.91. The highest BCUT2D eigenvalue weighted by molar-refractivity contribution is 5.97. The summed E-state index contributed by atoms with van der Waals surface area (Å²) in [7, 11) is 0. The number of amides is 1. The Morgan fingerprint density at radius 1 is 1.35 bits per heavy atom. The number of nitrogens with zero attached hydrogens (tertiary/aromatic N) is 2. The third-order valence-electron chi connectivity index (χ3n) is 5.19. The second-order valence-electron chi connectivity index (χ2n) is 7.15. The first-order valence-electron chi connectivity index (χ1n) is 8.53. The molecule has 0 unspecified atom stereocenters. The Bertz CT molecular complexity index is 707. The van der Waals surface area contributed by atoms with Crippen LogP contribution in [0.4, 0.5) is 0 Å². The fourth-order valence-electron chi connectivity index (χ4n) is 3.43. The van der Waals surface area contributed by atoms with E-state index in [4.69, 9.17) is 4.52 Å². The van der Waals surface area contributed by atoms with Crippen LogP contribution in [0.1, 0.15) is 68.9 Å². The predicted molar refractivity (Wildman–Crippen MR) is 89.3 cm³/mol. The summed E-state index contributed by atoms with van der Waals surface area (Å²) in [4.78, 5) is 16.9. The van der Waals surface area contributed by atoms with Crippen molar-refractivity contribution < 1.29 is 9.32 Å². The molecule has 0 bridgehead atoms. The van der Waals surface area contributed by atoms with Crippen molar-refractivity contribution in [3.63, 3.8) is 0 Å². The minimum atomic E-state index is -0.0544. The maximum Gasteiger partial charge on any atom is 0.257 e. The zero-order valence-corrected chi connectivity index (χ0v) is 14.3. The van der Waals surface area contributed by atoms with Crippen molar-refractivity contribution >= 4 is 17.0 Å². The zero-order chi connectivity index (χ0) is 16.6. The highest BCUT2D eigenvalue weighted by Crippen LogP contribution is 2.30. The average Bonchev–Trinajstić information content (AvgIpc) is 2.95. The van der Waals surface area contributed by atoms with Crippen LogP contribution in [0.25, 0.3) is 11.1 Å². The molecule has 124 valence electrons. The fraction of sp³-hybridized carbons (Fsp3) is 0.611. The quantitative estimate of drug-likeness (QED) is 0.932. The van der Waals surface area contributed by atoms with Gasteiger partial charge in [-0.05, 0) is 30.2 Å². The molecule has 0 aromatic carbocycles. The number of rotatable bonds is 3. The summed E-state index contributed by atoms with van der Waals surface area (Å²) in [6.45, 7) is 8.60. The highest BCUT2D eigenvalue weighted by Gasteiger charge is 2.28. The van der Waals surface area contributed by atoms with Gasteiger partial charge in [-0.15, -0.1) is 0 Å². The van der Waals surface area contributed by atoms with E-state index in [1.54, 1.807) is 6.20 Å². The number of aromatic nitrogens is 2. The Morgan fingerprint density at radius 2 is 2.13 bits per heavy atom. The summed E-state index contributed by atoms with van der Waals surface area (Å²) >= 11 is 0. The second kappa shape index (κ2) is 6.30. The van der Waals surface area contributed by atoms with E-state index in [1.165, 1.54) is 12.8 Å². The third-order valence-corrected chi connectivity index (χ3v) is 5.19. The molecule has 2 aromatic rings. The van der Waals surface area contributed by atoms with Gasteiger partial charge in [-0.25, -0.2) is 4.98 Å². The van der Waals surface area contributed by atoms with E-state index in [2.05, 4.69) is 43.2 Å². The van der Waals surface area contributed by atoms with Gasteiger partial charge in [0.25, 0.3) is 11.6 Å². The van der Waals surface area contributed by atoms with E-state index >= 15 is 0 Å². The molecule has 3 rings (SSSR count). The Morgan fingerprint density at radius 3 is 2.87 bits per heavy atom. The molecule has 3 atom stereocenters. The molecule has 5 heteroatoms. The highest BCUT2D eigenvalue weighted by atomic mass is 16.5. The number of fused-ring (bicyclic) bond motifs is 1. The SMILES string of the molecule is CC(C)c1noc2ncc(C(=O)N[C@@H]3CCC[C@@H](C)[C@@H]3C)cc12. The summed E-state index contributed by atoms with van der Waals surface area (Å²) in [6.07, 6.45) is 5.05.